The van der Waals surface area contributed by atoms with Crippen molar-refractivity contribution < 1.29 is 9.47 Å². The number of nitrogens with two attached hydrogens (primary N) is 1. The summed E-state index contributed by atoms with van der Waals surface area (Å²) in [5, 5.41) is 0. The van der Waals surface area contributed by atoms with Crippen LogP contribution in [0.5, 0.6) is 11.5 Å². The molecular weight excluding hydrogens is 324 g/mol. The predicted molar refractivity (Wildman–Crippen MR) is 108 cm³/mol. The van der Waals surface area contributed by atoms with Gasteiger partial charge < -0.3 is 15.2 Å². The first kappa shape index (κ1) is 20.3. The molecule has 26 heavy (non-hydrogen) atoms. The van der Waals surface area contributed by atoms with Crippen molar-refractivity contribution in [1.29, 1.82) is 0 Å². The number of hydrogen-bond donors (Lipinski definition) is 1. The molecule has 0 amide bonds. The first-order valence-electron chi connectivity index (χ1n) is 9.42. The van der Waals surface area contributed by atoms with Crippen LogP contribution in [0, 0.1) is 0 Å². The summed E-state index contributed by atoms with van der Waals surface area (Å²) in [4.78, 5) is 2.50. The molecule has 0 saturated carbocycles. The number of hydrogen-bond acceptors (Lipinski definition) is 4. The van der Waals surface area contributed by atoms with E-state index in [4.69, 9.17) is 15.2 Å². The van der Waals surface area contributed by atoms with E-state index < -0.39 is 0 Å². The van der Waals surface area contributed by atoms with Gasteiger partial charge in [0.25, 0.3) is 0 Å². The summed E-state index contributed by atoms with van der Waals surface area (Å²) in [5.74, 6) is 1.71. The van der Waals surface area contributed by atoms with Crippen molar-refractivity contribution in [2.45, 2.75) is 38.8 Å². The largest absolute Gasteiger partial charge is 0.497 e. The summed E-state index contributed by atoms with van der Waals surface area (Å²) in [6.07, 6.45) is 2.20. The molecule has 0 saturated heterocycles. The second-order valence-electron chi connectivity index (χ2n) is 6.55. The highest BCUT2D eigenvalue weighted by molar-refractivity contribution is 5.34. The van der Waals surface area contributed by atoms with Crippen molar-refractivity contribution in [2.75, 3.05) is 27.3 Å². The lowest BCUT2D eigenvalue weighted by atomic mass is 9.92. The Kier molecular flexibility index (Phi) is 7.95. The van der Waals surface area contributed by atoms with Crippen LogP contribution in [0.25, 0.3) is 0 Å². The SMILES string of the molecule is CCCN(CCC)[C@H](c1ccc(OC)cc1)[C@H](N)c1ccc(OC)cc1. The highest BCUT2D eigenvalue weighted by Gasteiger charge is 2.27. The van der Waals surface area contributed by atoms with Gasteiger partial charge in [-0.25, -0.2) is 0 Å². The summed E-state index contributed by atoms with van der Waals surface area (Å²) in [6.45, 7) is 6.47. The average molecular weight is 357 g/mol. The molecule has 0 unspecified atom stereocenters. The molecule has 142 valence electrons. The lowest BCUT2D eigenvalue weighted by Crippen LogP contribution is -2.37. The Hall–Kier alpha value is -2.04. The van der Waals surface area contributed by atoms with Gasteiger partial charge in [0.1, 0.15) is 11.5 Å². The third-order valence-corrected chi connectivity index (χ3v) is 4.71. The van der Waals surface area contributed by atoms with Gasteiger partial charge in [-0.2, -0.15) is 0 Å². The zero-order valence-electron chi connectivity index (χ0n) is 16.4. The quantitative estimate of drug-likeness (QED) is 0.677. The van der Waals surface area contributed by atoms with E-state index in [-0.39, 0.29) is 12.1 Å². The van der Waals surface area contributed by atoms with Crippen LogP contribution in [0.2, 0.25) is 0 Å². The molecular formula is C22H32N2O2. The standard InChI is InChI=1S/C22H32N2O2/c1-5-15-24(16-6-2)22(18-9-13-20(26-4)14-10-18)21(23)17-7-11-19(25-3)12-8-17/h7-14,21-22H,5-6,15-16,23H2,1-4H3/t21-,22-/m1/s1. The normalized spacial score (nSPS) is 13.5. The van der Waals surface area contributed by atoms with Gasteiger partial charge in [0.05, 0.1) is 20.3 Å². The fourth-order valence-corrected chi connectivity index (χ4v) is 3.42. The van der Waals surface area contributed by atoms with Gasteiger partial charge in [-0.3, -0.25) is 4.90 Å². The van der Waals surface area contributed by atoms with Gasteiger partial charge in [0.15, 0.2) is 0 Å². The Bertz CT molecular complexity index is 634. The molecule has 0 radical (unpaired) electrons. The molecule has 2 atom stereocenters. The zero-order valence-corrected chi connectivity index (χ0v) is 16.4. The third-order valence-electron chi connectivity index (χ3n) is 4.71. The van der Waals surface area contributed by atoms with Gasteiger partial charge in [-0.05, 0) is 61.3 Å². The summed E-state index contributed by atoms with van der Waals surface area (Å²) < 4.78 is 10.6. The average Bonchev–Trinajstić information content (AvgIpc) is 2.69. The first-order chi connectivity index (χ1) is 12.6. The summed E-state index contributed by atoms with van der Waals surface area (Å²) >= 11 is 0. The third kappa shape index (κ3) is 4.99. The molecule has 0 bridgehead atoms. The van der Waals surface area contributed by atoms with Crippen molar-refractivity contribution in [2.24, 2.45) is 5.73 Å². The van der Waals surface area contributed by atoms with Crippen LogP contribution in [0.1, 0.15) is 49.9 Å². The van der Waals surface area contributed by atoms with Gasteiger partial charge in [-0.1, -0.05) is 38.1 Å². The molecule has 2 aromatic rings. The second-order valence-corrected chi connectivity index (χ2v) is 6.55. The van der Waals surface area contributed by atoms with Crippen LogP contribution in [-0.4, -0.2) is 32.2 Å². The zero-order chi connectivity index (χ0) is 18.9. The molecule has 0 aliphatic carbocycles. The monoisotopic (exact) mass is 356 g/mol. The minimum absolute atomic E-state index is 0.118. The fourth-order valence-electron chi connectivity index (χ4n) is 3.42. The highest BCUT2D eigenvalue weighted by atomic mass is 16.5. The van der Waals surface area contributed by atoms with E-state index in [1.165, 1.54) is 5.56 Å². The maximum absolute atomic E-state index is 6.78. The molecule has 0 fully saturated rings. The number of nitrogens with zero attached hydrogens (tertiary/aromatic N) is 1. The molecule has 2 N–H and O–H groups in total. The summed E-state index contributed by atoms with van der Waals surface area (Å²) in [5.41, 5.74) is 9.11. The predicted octanol–water partition coefficient (Wildman–Crippen LogP) is 4.57. The van der Waals surface area contributed by atoms with E-state index in [1.54, 1.807) is 14.2 Å². The van der Waals surface area contributed by atoms with Gasteiger partial charge in [0, 0.05) is 6.04 Å². The Balaban J connectivity index is 2.38. The summed E-state index contributed by atoms with van der Waals surface area (Å²) in [7, 11) is 3.37. The number of rotatable bonds is 10. The Morgan fingerprint density at radius 2 is 1.19 bits per heavy atom. The Morgan fingerprint density at radius 3 is 1.58 bits per heavy atom. The molecule has 0 aliphatic rings. The lowest BCUT2D eigenvalue weighted by molar-refractivity contribution is 0.171. The fraction of sp³-hybridized carbons (Fsp3) is 0.455. The van der Waals surface area contributed by atoms with Crippen molar-refractivity contribution in [3.8, 4) is 11.5 Å². The molecule has 2 aromatic carbocycles. The molecule has 4 nitrogen and oxygen atoms in total. The molecule has 0 spiro atoms. The van der Waals surface area contributed by atoms with Gasteiger partial charge in [0.2, 0.25) is 0 Å². The minimum Gasteiger partial charge on any atom is -0.497 e. The molecule has 0 aromatic heterocycles. The first-order valence-corrected chi connectivity index (χ1v) is 9.42. The van der Waals surface area contributed by atoms with Crippen molar-refractivity contribution in [3.63, 3.8) is 0 Å². The van der Waals surface area contributed by atoms with E-state index in [1.807, 2.05) is 24.3 Å². The van der Waals surface area contributed by atoms with Crippen LogP contribution in [0.3, 0.4) is 0 Å². The summed E-state index contributed by atoms with van der Waals surface area (Å²) in [6, 6.07) is 16.4. The lowest BCUT2D eigenvalue weighted by Gasteiger charge is -2.36. The van der Waals surface area contributed by atoms with E-state index in [0.717, 1.165) is 43.0 Å². The number of ether oxygens (including phenoxy) is 2. The van der Waals surface area contributed by atoms with E-state index in [2.05, 4.69) is 43.0 Å². The Labute approximate surface area is 157 Å². The van der Waals surface area contributed by atoms with Crippen LogP contribution in [0.4, 0.5) is 0 Å². The van der Waals surface area contributed by atoms with Crippen LogP contribution in [-0.2, 0) is 0 Å². The number of methoxy groups -OCH3 is 2. The molecule has 2 rings (SSSR count). The van der Waals surface area contributed by atoms with Crippen molar-refractivity contribution in [3.05, 3.63) is 59.7 Å². The van der Waals surface area contributed by atoms with E-state index in [9.17, 15) is 0 Å². The van der Waals surface area contributed by atoms with Crippen LogP contribution in [0.15, 0.2) is 48.5 Å². The van der Waals surface area contributed by atoms with E-state index in [0.29, 0.717) is 0 Å². The van der Waals surface area contributed by atoms with Crippen molar-refractivity contribution >= 4 is 0 Å². The van der Waals surface area contributed by atoms with Crippen molar-refractivity contribution in [1.82, 2.24) is 4.90 Å². The topological polar surface area (TPSA) is 47.7 Å². The molecule has 0 heterocycles. The van der Waals surface area contributed by atoms with E-state index >= 15 is 0 Å². The molecule has 4 heteroatoms. The van der Waals surface area contributed by atoms with Gasteiger partial charge in [-0.15, -0.1) is 0 Å². The van der Waals surface area contributed by atoms with Crippen LogP contribution >= 0.6 is 0 Å². The molecule has 0 aliphatic heterocycles. The maximum atomic E-state index is 6.78. The highest BCUT2D eigenvalue weighted by Crippen LogP contribution is 2.34. The number of benzene rings is 2. The van der Waals surface area contributed by atoms with Crippen LogP contribution < -0.4 is 15.2 Å². The maximum Gasteiger partial charge on any atom is 0.118 e. The minimum atomic E-state index is -0.118. The Morgan fingerprint density at radius 1 is 0.769 bits per heavy atom. The second kappa shape index (κ2) is 10.2. The van der Waals surface area contributed by atoms with Gasteiger partial charge >= 0.3 is 0 Å². The smallest absolute Gasteiger partial charge is 0.118 e.